The summed E-state index contributed by atoms with van der Waals surface area (Å²) in [4.78, 5) is 0.598. The van der Waals surface area contributed by atoms with Crippen LogP contribution in [0.1, 0.15) is 32.8 Å². The van der Waals surface area contributed by atoms with Crippen molar-refractivity contribution < 1.29 is 0 Å². The summed E-state index contributed by atoms with van der Waals surface area (Å²) in [6.45, 7) is 6.88. The van der Waals surface area contributed by atoms with Gasteiger partial charge in [0.2, 0.25) is 0 Å². The van der Waals surface area contributed by atoms with Crippen LogP contribution in [0.15, 0.2) is 30.3 Å². The van der Waals surface area contributed by atoms with E-state index in [9.17, 15) is 0 Å². The van der Waals surface area contributed by atoms with E-state index in [0.29, 0.717) is 10.2 Å². The third-order valence-corrected chi connectivity index (χ3v) is 2.68. The highest BCUT2D eigenvalue weighted by molar-refractivity contribution is 9.09. The van der Waals surface area contributed by atoms with Crippen molar-refractivity contribution in [1.82, 2.24) is 0 Å². The summed E-state index contributed by atoms with van der Waals surface area (Å²) < 4.78 is 0. The Bertz CT molecular complexity index is 262. The first kappa shape index (κ1) is 11.8. The first-order chi connectivity index (χ1) is 6.49. The lowest BCUT2D eigenvalue weighted by molar-refractivity contribution is 0.335. The lowest BCUT2D eigenvalue weighted by Gasteiger charge is -2.26. The predicted molar refractivity (Wildman–Crippen MR) is 66.9 cm³/mol. The third-order valence-electron chi connectivity index (χ3n) is 2.36. The zero-order valence-electron chi connectivity index (χ0n) is 9.26. The van der Waals surface area contributed by atoms with Gasteiger partial charge in [-0.05, 0) is 23.8 Å². The first-order valence-corrected chi connectivity index (χ1v) is 6.09. The van der Waals surface area contributed by atoms with Crippen molar-refractivity contribution >= 4 is 15.9 Å². The molecule has 1 heteroatoms. The van der Waals surface area contributed by atoms with E-state index in [1.54, 1.807) is 0 Å². The maximum atomic E-state index is 3.62. The molecule has 0 radical (unpaired) electrons. The van der Waals surface area contributed by atoms with Gasteiger partial charge in [0.15, 0.2) is 0 Å². The van der Waals surface area contributed by atoms with Crippen molar-refractivity contribution in [3.8, 4) is 0 Å². The molecule has 0 bridgehead atoms. The highest BCUT2D eigenvalue weighted by atomic mass is 79.9. The Hall–Kier alpha value is -0.300. The van der Waals surface area contributed by atoms with Crippen LogP contribution < -0.4 is 0 Å². The molecule has 0 spiro atoms. The molecule has 1 aromatic carbocycles. The van der Waals surface area contributed by atoms with E-state index in [0.717, 1.165) is 6.42 Å². The van der Waals surface area contributed by atoms with Gasteiger partial charge in [0.25, 0.3) is 0 Å². The highest BCUT2D eigenvalue weighted by Gasteiger charge is 2.20. The van der Waals surface area contributed by atoms with Crippen LogP contribution in [0.25, 0.3) is 0 Å². The lowest BCUT2D eigenvalue weighted by Crippen LogP contribution is -2.18. The Morgan fingerprint density at radius 1 is 1.21 bits per heavy atom. The first-order valence-electron chi connectivity index (χ1n) is 5.18. The number of benzene rings is 1. The van der Waals surface area contributed by atoms with Crippen molar-refractivity contribution in [1.29, 1.82) is 0 Å². The Morgan fingerprint density at radius 3 is 2.29 bits per heavy atom. The standard InChI is InChI=1S/C13H19Br/c1-11(14)9-13(2,3)10-12-7-5-4-6-8-12/h4-8,11H,9-10H2,1-3H3. The van der Waals surface area contributed by atoms with Gasteiger partial charge in [-0.1, -0.05) is 67.0 Å². The van der Waals surface area contributed by atoms with Crippen LogP contribution in [0, 0.1) is 5.41 Å². The molecule has 1 atom stereocenters. The zero-order valence-corrected chi connectivity index (χ0v) is 10.8. The van der Waals surface area contributed by atoms with Crippen LogP contribution in [0.5, 0.6) is 0 Å². The van der Waals surface area contributed by atoms with Crippen molar-refractivity contribution in [2.75, 3.05) is 0 Å². The summed E-state index contributed by atoms with van der Waals surface area (Å²) in [6.07, 6.45) is 2.37. The van der Waals surface area contributed by atoms with Gasteiger partial charge >= 0.3 is 0 Å². The molecule has 0 saturated carbocycles. The largest absolute Gasteiger partial charge is 0.0893 e. The second-order valence-corrected chi connectivity index (χ2v) is 6.37. The van der Waals surface area contributed by atoms with E-state index in [2.05, 4.69) is 67.0 Å². The lowest BCUT2D eigenvalue weighted by atomic mass is 9.82. The van der Waals surface area contributed by atoms with Crippen LogP contribution in [-0.4, -0.2) is 4.83 Å². The fourth-order valence-corrected chi connectivity index (χ4v) is 2.86. The van der Waals surface area contributed by atoms with Crippen LogP contribution in [0.4, 0.5) is 0 Å². The molecule has 0 aromatic heterocycles. The average molecular weight is 255 g/mol. The van der Waals surface area contributed by atoms with E-state index in [-0.39, 0.29) is 0 Å². The van der Waals surface area contributed by atoms with E-state index >= 15 is 0 Å². The molecule has 1 unspecified atom stereocenters. The summed E-state index contributed by atoms with van der Waals surface area (Å²) in [7, 11) is 0. The maximum absolute atomic E-state index is 3.62. The van der Waals surface area contributed by atoms with Gasteiger partial charge in [0.05, 0.1) is 0 Å². The minimum Gasteiger partial charge on any atom is -0.0893 e. The van der Waals surface area contributed by atoms with E-state index in [1.165, 1.54) is 12.0 Å². The smallest absolute Gasteiger partial charge is 0.0122 e. The van der Waals surface area contributed by atoms with E-state index in [1.807, 2.05) is 0 Å². The SMILES string of the molecule is CC(Br)CC(C)(C)Cc1ccccc1. The number of hydrogen-bond donors (Lipinski definition) is 0. The third kappa shape index (κ3) is 4.28. The second kappa shape index (κ2) is 4.97. The van der Waals surface area contributed by atoms with Gasteiger partial charge in [0.1, 0.15) is 0 Å². The van der Waals surface area contributed by atoms with Gasteiger partial charge < -0.3 is 0 Å². The van der Waals surface area contributed by atoms with Crippen molar-refractivity contribution in [2.45, 2.75) is 38.4 Å². The monoisotopic (exact) mass is 254 g/mol. The molecular weight excluding hydrogens is 236 g/mol. The molecule has 0 aliphatic heterocycles. The molecular formula is C13H19Br. The molecule has 0 aliphatic carbocycles. The molecule has 1 rings (SSSR count). The van der Waals surface area contributed by atoms with Crippen LogP contribution in [0.3, 0.4) is 0 Å². The quantitative estimate of drug-likeness (QED) is 0.698. The molecule has 0 fully saturated rings. The number of halogens is 1. The number of hydrogen-bond acceptors (Lipinski definition) is 0. The Morgan fingerprint density at radius 2 is 1.79 bits per heavy atom. The fourth-order valence-electron chi connectivity index (χ4n) is 1.98. The van der Waals surface area contributed by atoms with Gasteiger partial charge in [0, 0.05) is 4.83 Å². The Labute approximate surface area is 95.9 Å². The summed E-state index contributed by atoms with van der Waals surface area (Å²) >= 11 is 3.62. The fraction of sp³-hybridized carbons (Fsp3) is 0.538. The minimum absolute atomic E-state index is 0.379. The Kier molecular flexibility index (Phi) is 4.18. The van der Waals surface area contributed by atoms with Crippen molar-refractivity contribution in [3.63, 3.8) is 0 Å². The zero-order chi connectivity index (χ0) is 10.6. The topological polar surface area (TPSA) is 0 Å². The minimum atomic E-state index is 0.379. The predicted octanol–water partition coefficient (Wildman–Crippen LogP) is 4.43. The summed E-state index contributed by atoms with van der Waals surface area (Å²) in [5, 5.41) is 0. The van der Waals surface area contributed by atoms with Crippen LogP contribution in [-0.2, 0) is 6.42 Å². The van der Waals surface area contributed by atoms with E-state index in [4.69, 9.17) is 0 Å². The molecule has 78 valence electrons. The molecule has 0 heterocycles. The van der Waals surface area contributed by atoms with Crippen molar-refractivity contribution in [3.05, 3.63) is 35.9 Å². The average Bonchev–Trinajstić information content (AvgIpc) is 2.02. The molecule has 0 amide bonds. The highest BCUT2D eigenvalue weighted by Crippen LogP contribution is 2.29. The maximum Gasteiger partial charge on any atom is 0.0122 e. The second-order valence-electron chi connectivity index (χ2n) is 4.81. The van der Waals surface area contributed by atoms with Crippen LogP contribution >= 0.6 is 15.9 Å². The Balaban J connectivity index is 2.59. The molecule has 0 N–H and O–H groups in total. The number of alkyl halides is 1. The van der Waals surface area contributed by atoms with Gasteiger partial charge in [-0.25, -0.2) is 0 Å². The van der Waals surface area contributed by atoms with Crippen molar-refractivity contribution in [2.24, 2.45) is 5.41 Å². The van der Waals surface area contributed by atoms with E-state index < -0.39 is 0 Å². The molecule has 1 aromatic rings. The summed E-state index contributed by atoms with van der Waals surface area (Å²) in [6, 6.07) is 10.7. The van der Waals surface area contributed by atoms with Gasteiger partial charge in [-0.2, -0.15) is 0 Å². The summed E-state index contributed by atoms with van der Waals surface area (Å²) in [5.41, 5.74) is 1.82. The molecule has 0 nitrogen and oxygen atoms in total. The van der Waals surface area contributed by atoms with Gasteiger partial charge in [-0.3, -0.25) is 0 Å². The van der Waals surface area contributed by atoms with Gasteiger partial charge in [-0.15, -0.1) is 0 Å². The van der Waals surface area contributed by atoms with Crippen LogP contribution in [0.2, 0.25) is 0 Å². The molecule has 0 saturated heterocycles. The number of rotatable bonds is 4. The normalized spacial score (nSPS) is 14.0. The molecule has 14 heavy (non-hydrogen) atoms. The summed E-state index contributed by atoms with van der Waals surface area (Å²) in [5.74, 6) is 0. The molecule has 0 aliphatic rings.